The zero-order valence-electron chi connectivity index (χ0n) is 9.11. The molecule has 6 heteroatoms. The molecule has 96 valence electrons. The van der Waals surface area contributed by atoms with Crippen molar-refractivity contribution in [3.63, 3.8) is 0 Å². The number of benzene rings is 1. The van der Waals surface area contributed by atoms with Crippen LogP contribution in [0.4, 0.5) is 13.2 Å². The first-order valence-corrected chi connectivity index (χ1v) is 5.75. The van der Waals surface area contributed by atoms with E-state index in [9.17, 15) is 13.2 Å². The molecule has 0 aliphatic heterocycles. The molecule has 0 aliphatic rings. The average Bonchev–Trinajstić information content (AvgIpc) is 2.20. The van der Waals surface area contributed by atoms with E-state index in [4.69, 9.17) is 23.2 Å². The van der Waals surface area contributed by atoms with E-state index < -0.39 is 18.6 Å². The zero-order chi connectivity index (χ0) is 13.1. The molecule has 0 saturated heterocycles. The third kappa shape index (κ3) is 5.15. The van der Waals surface area contributed by atoms with Gasteiger partial charge in [0.1, 0.15) is 0 Å². The van der Waals surface area contributed by atoms with Gasteiger partial charge in [-0.25, -0.2) is 0 Å². The standard InChI is InChI=1S/C11H12Cl2F3N/c1-17-8(6-11(14,15)16)4-7-2-3-9(12)10(13)5-7/h2-3,5,8,17H,4,6H2,1H3. The van der Waals surface area contributed by atoms with E-state index in [1.807, 2.05) is 0 Å². The summed E-state index contributed by atoms with van der Waals surface area (Å²) in [6.45, 7) is 0. The summed E-state index contributed by atoms with van der Waals surface area (Å²) in [6.07, 6.45) is -4.79. The van der Waals surface area contributed by atoms with Gasteiger partial charge < -0.3 is 5.32 Å². The Hall–Kier alpha value is -0.450. The van der Waals surface area contributed by atoms with Crippen LogP contribution in [0.1, 0.15) is 12.0 Å². The summed E-state index contributed by atoms with van der Waals surface area (Å²) in [5.74, 6) is 0. The molecule has 0 fully saturated rings. The maximum Gasteiger partial charge on any atom is 0.390 e. The minimum absolute atomic E-state index is 0.257. The molecule has 0 aromatic heterocycles. The van der Waals surface area contributed by atoms with Crippen LogP contribution in [0.15, 0.2) is 18.2 Å². The second-order valence-electron chi connectivity index (χ2n) is 3.76. The van der Waals surface area contributed by atoms with E-state index >= 15 is 0 Å². The van der Waals surface area contributed by atoms with E-state index in [1.54, 1.807) is 18.2 Å². The Labute approximate surface area is 108 Å². The van der Waals surface area contributed by atoms with Crippen molar-refractivity contribution in [1.82, 2.24) is 5.32 Å². The van der Waals surface area contributed by atoms with Gasteiger partial charge >= 0.3 is 6.18 Å². The molecule has 1 N–H and O–H groups in total. The van der Waals surface area contributed by atoms with Crippen molar-refractivity contribution < 1.29 is 13.2 Å². The molecule has 1 nitrogen and oxygen atoms in total. The highest BCUT2D eigenvalue weighted by Crippen LogP contribution is 2.26. The smallest absolute Gasteiger partial charge is 0.316 e. The summed E-state index contributed by atoms with van der Waals surface area (Å²) in [5.41, 5.74) is 0.725. The number of rotatable bonds is 4. The van der Waals surface area contributed by atoms with Gasteiger partial charge in [0.2, 0.25) is 0 Å². The topological polar surface area (TPSA) is 12.0 Å². The lowest BCUT2D eigenvalue weighted by atomic mass is 10.0. The van der Waals surface area contributed by atoms with Gasteiger partial charge in [0.25, 0.3) is 0 Å². The summed E-state index contributed by atoms with van der Waals surface area (Å²) in [6, 6.07) is 4.19. The molecule has 0 saturated carbocycles. The summed E-state index contributed by atoms with van der Waals surface area (Å²) in [7, 11) is 1.51. The lowest BCUT2D eigenvalue weighted by molar-refractivity contribution is -0.139. The number of nitrogens with one attached hydrogen (secondary N) is 1. The van der Waals surface area contributed by atoms with Gasteiger partial charge in [0.05, 0.1) is 16.5 Å². The predicted octanol–water partition coefficient (Wildman–Crippen LogP) is 4.08. The van der Waals surface area contributed by atoms with Crippen LogP contribution in [0.25, 0.3) is 0 Å². The van der Waals surface area contributed by atoms with Crippen molar-refractivity contribution in [2.24, 2.45) is 0 Å². The zero-order valence-corrected chi connectivity index (χ0v) is 10.6. The molecule has 0 bridgehead atoms. The Morgan fingerprint density at radius 1 is 1.24 bits per heavy atom. The highest BCUT2D eigenvalue weighted by Gasteiger charge is 2.31. The van der Waals surface area contributed by atoms with Gasteiger partial charge in [-0.2, -0.15) is 13.2 Å². The van der Waals surface area contributed by atoms with Crippen LogP contribution in [0, 0.1) is 0 Å². The van der Waals surface area contributed by atoms with E-state index in [0.29, 0.717) is 10.0 Å². The van der Waals surface area contributed by atoms with Crippen LogP contribution in [0.5, 0.6) is 0 Å². The van der Waals surface area contributed by atoms with Crippen molar-refractivity contribution in [2.45, 2.75) is 25.1 Å². The Balaban J connectivity index is 2.70. The van der Waals surface area contributed by atoms with Gasteiger partial charge in [0, 0.05) is 6.04 Å². The molecule has 0 aliphatic carbocycles. The molecule has 0 heterocycles. The fourth-order valence-corrected chi connectivity index (χ4v) is 1.83. The molecular weight excluding hydrogens is 274 g/mol. The second-order valence-corrected chi connectivity index (χ2v) is 4.57. The number of hydrogen-bond donors (Lipinski definition) is 1. The third-order valence-electron chi connectivity index (χ3n) is 2.35. The Kier molecular flexibility index (Phi) is 5.10. The lowest BCUT2D eigenvalue weighted by Gasteiger charge is -2.18. The monoisotopic (exact) mass is 285 g/mol. The SMILES string of the molecule is CNC(Cc1ccc(Cl)c(Cl)c1)CC(F)(F)F. The van der Waals surface area contributed by atoms with E-state index in [2.05, 4.69) is 5.32 Å². The lowest BCUT2D eigenvalue weighted by Crippen LogP contribution is -2.32. The molecule has 1 rings (SSSR count). The van der Waals surface area contributed by atoms with Crippen molar-refractivity contribution in [3.05, 3.63) is 33.8 Å². The molecule has 17 heavy (non-hydrogen) atoms. The van der Waals surface area contributed by atoms with Crippen molar-refractivity contribution in [1.29, 1.82) is 0 Å². The largest absolute Gasteiger partial charge is 0.390 e. The van der Waals surface area contributed by atoms with E-state index in [0.717, 1.165) is 5.56 Å². The molecule has 1 atom stereocenters. The maximum atomic E-state index is 12.3. The predicted molar refractivity (Wildman–Crippen MR) is 63.7 cm³/mol. The summed E-state index contributed by atoms with van der Waals surface area (Å²) >= 11 is 11.5. The minimum atomic E-state index is -4.18. The average molecular weight is 286 g/mol. The fraction of sp³-hybridized carbons (Fsp3) is 0.455. The van der Waals surface area contributed by atoms with Crippen LogP contribution in [-0.2, 0) is 6.42 Å². The van der Waals surface area contributed by atoms with Crippen LogP contribution in [0.2, 0.25) is 10.0 Å². The normalized spacial score (nSPS) is 13.8. The minimum Gasteiger partial charge on any atom is -0.316 e. The van der Waals surface area contributed by atoms with Gasteiger partial charge in [0.15, 0.2) is 0 Å². The van der Waals surface area contributed by atoms with Crippen LogP contribution in [-0.4, -0.2) is 19.3 Å². The highest BCUT2D eigenvalue weighted by molar-refractivity contribution is 6.42. The first-order valence-electron chi connectivity index (χ1n) is 5.00. The van der Waals surface area contributed by atoms with E-state index in [1.165, 1.54) is 7.05 Å². The second kappa shape index (κ2) is 5.94. The number of alkyl halides is 3. The summed E-state index contributed by atoms with van der Waals surface area (Å²) in [5, 5.41) is 3.39. The maximum absolute atomic E-state index is 12.3. The number of likely N-dealkylation sites (N-methyl/N-ethyl adjacent to an activating group) is 1. The van der Waals surface area contributed by atoms with Gasteiger partial charge in [-0.1, -0.05) is 29.3 Å². The first-order chi connectivity index (χ1) is 7.81. The Morgan fingerprint density at radius 3 is 2.35 bits per heavy atom. The molecular formula is C11H12Cl2F3N. The molecule has 1 aromatic rings. The van der Waals surface area contributed by atoms with Gasteiger partial charge in [-0.3, -0.25) is 0 Å². The quantitative estimate of drug-likeness (QED) is 0.879. The molecule has 0 spiro atoms. The highest BCUT2D eigenvalue weighted by atomic mass is 35.5. The van der Waals surface area contributed by atoms with Gasteiger partial charge in [-0.15, -0.1) is 0 Å². The molecule has 1 aromatic carbocycles. The third-order valence-corrected chi connectivity index (χ3v) is 3.09. The van der Waals surface area contributed by atoms with Gasteiger partial charge in [-0.05, 0) is 31.2 Å². The molecule has 1 unspecified atom stereocenters. The molecule has 0 radical (unpaired) electrons. The number of halogens is 5. The van der Waals surface area contributed by atoms with Crippen molar-refractivity contribution >= 4 is 23.2 Å². The van der Waals surface area contributed by atoms with Crippen LogP contribution in [0.3, 0.4) is 0 Å². The Morgan fingerprint density at radius 2 is 1.88 bits per heavy atom. The summed E-state index contributed by atoms with van der Waals surface area (Å²) < 4.78 is 36.8. The Bertz CT molecular complexity index is 379. The van der Waals surface area contributed by atoms with Crippen LogP contribution < -0.4 is 5.32 Å². The fourth-order valence-electron chi connectivity index (χ4n) is 1.51. The van der Waals surface area contributed by atoms with Crippen molar-refractivity contribution in [2.75, 3.05) is 7.05 Å². The van der Waals surface area contributed by atoms with E-state index in [-0.39, 0.29) is 6.42 Å². The van der Waals surface area contributed by atoms with Crippen LogP contribution >= 0.6 is 23.2 Å². The number of hydrogen-bond acceptors (Lipinski definition) is 1. The summed E-state index contributed by atoms with van der Waals surface area (Å²) in [4.78, 5) is 0. The first kappa shape index (κ1) is 14.6. The van der Waals surface area contributed by atoms with Crippen molar-refractivity contribution in [3.8, 4) is 0 Å². The molecule has 0 amide bonds.